The predicted octanol–water partition coefficient (Wildman–Crippen LogP) is 6.56. The first-order valence-electron chi connectivity index (χ1n) is 12.1. The Morgan fingerprint density at radius 3 is 2.41 bits per heavy atom. The molecule has 1 heterocycles. The van der Waals surface area contributed by atoms with Crippen LogP contribution in [0.25, 0.3) is 0 Å². The van der Waals surface area contributed by atoms with Gasteiger partial charge in [-0.1, -0.05) is 26.8 Å². The van der Waals surface area contributed by atoms with E-state index in [1.165, 1.54) is 36.1 Å². The van der Waals surface area contributed by atoms with E-state index in [-0.39, 0.29) is 11.3 Å². The summed E-state index contributed by atoms with van der Waals surface area (Å²) < 4.78 is 6.13. The Balaban J connectivity index is 1.49. The van der Waals surface area contributed by atoms with Crippen LogP contribution in [-0.4, -0.2) is 18.6 Å². The molecule has 32 heavy (non-hydrogen) atoms. The molecule has 172 valence electrons. The van der Waals surface area contributed by atoms with Crippen molar-refractivity contribution in [3.8, 4) is 5.75 Å². The van der Waals surface area contributed by atoms with Crippen LogP contribution in [0.5, 0.6) is 5.75 Å². The number of anilines is 2. The van der Waals surface area contributed by atoms with E-state index in [1.807, 2.05) is 0 Å². The van der Waals surface area contributed by atoms with Crippen molar-refractivity contribution < 1.29 is 9.53 Å². The third kappa shape index (κ3) is 5.46. The monoisotopic (exact) mass is 434 g/mol. The zero-order valence-electron chi connectivity index (χ0n) is 20.4. The molecule has 1 aliphatic carbocycles. The van der Waals surface area contributed by atoms with Crippen LogP contribution in [0.15, 0.2) is 30.3 Å². The van der Waals surface area contributed by atoms with Gasteiger partial charge in [0.25, 0.3) is 0 Å². The van der Waals surface area contributed by atoms with E-state index in [2.05, 4.69) is 75.2 Å². The molecule has 0 spiro atoms. The molecule has 0 saturated heterocycles. The highest BCUT2D eigenvalue weighted by molar-refractivity contribution is 5.93. The van der Waals surface area contributed by atoms with Gasteiger partial charge in [0.1, 0.15) is 5.75 Å². The van der Waals surface area contributed by atoms with Crippen molar-refractivity contribution in [2.24, 2.45) is 5.41 Å². The summed E-state index contributed by atoms with van der Waals surface area (Å²) in [7, 11) is 0. The molecule has 2 aliphatic rings. The minimum atomic E-state index is -0.0198. The molecule has 1 saturated carbocycles. The van der Waals surface area contributed by atoms with Gasteiger partial charge in [-0.25, -0.2) is 0 Å². The summed E-state index contributed by atoms with van der Waals surface area (Å²) in [6, 6.07) is 11.1. The van der Waals surface area contributed by atoms with Gasteiger partial charge in [0, 0.05) is 30.9 Å². The Morgan fingerprint density at radius 1 is 1.06 bits per heavy atom. The van der Waals surface area contributed by atoms with Crippen molar-refractivity contribution in [1.29, 1.82) is 0 Å². The lowest BCUT2D eigenvalue weighted by atomic mass is 9.92. The highest BCUT2D eigenvalue weighted by atomic mass is 16.5. The summed E-state index contributed by atoms with van der Waals surface area (Å²) in [5, 5.41) is 3.15. The van der Waals surface area contributed by atoms with Crippen molar-refractivity contribution in [1.82, 2.24) is 0 Å². The van der Waals surface area contributed by atoms with E-state index < -0.39 is 0 Å². The minimum absolute atomic E-state index is 0.0198. The van der Waals surface area contributed by atoms with Crippen LogP contribution in [0, 0.1) is 19.3 Å². The van der Waals surface area contributed by atoms with Crippen LogP contribution in [0.4, 0.5) is 11.4 Å². The molecule has 1 amide bonds. The summed E-state index contributed by atoms with van der Waals surface area (Å²) in [5.74, 6) is 1.11. The molecule has 4 heteroatoms. The number of fused-ring (bicyclic) bond motifs is 1. The molecule has 4 nitrogen and oxygen atoms in total. The number of benzene rings is 2. The molecule has 0 atom stereocenters. The molecule has 1 aliphatic heterocycles. The van der Waals surface area contributed by atoms with Gasteiger partial charge in [-0.2, -0.15) is 0 Å². The lowest BCUT2D eigenvalue weighted by Gasteiger charge is -2.27. The lowest BCUT2D eigenvalue weighted by molar-refractivity contribution is -0.117. The first kappa shape index (κ1) is 22.7. The standard InChI is InChI=1S/C28H38N2O2/c1-19-14-23(15-20(2)27(19)29-26(31)17-28(3,4)5)30-13-7-8-21-16-25(12-11-22(21)18-30)32-24-9-6-10-24/h11-12,14-16,24H,6-10,13,17-18H2,1-5H3,(H,29,31). The van der Waals surface area contributed by atoms with Crippen molar-refractivity contribution in [3.05, 3.63) is 52.6 Å². The summed E-state index contributed by atoms with van der Waals surface area (Å²) >= 11 is 0. The Kier molecular flexibility index (Phi) is 6.50. The second-order valence-corrected chi connectivity index (χ2v) is 10.9. The van der Waals surface area contributed by atoms with Gasteiger partial charge in [0.05, 0.1) is 6.10 Å². The molecule has 2 aromatic carbocycles. The van der Waals surface area contributed by atoms with E-state index in [4.69, 9.17) is 4.74 Å². The van der Waals surface area contributed by atoms with E-state index in [9.17, 15) is 4.79 Å². The van der Waals surface area contributed by atoms with Gasteiger partial charge >= 0.3 is 0 Å². The largest absolute Gasteiger partial charge is 0.490 e. The average molecular weight is 435 g/mol. The number of hydrogen-bond acceptors (Lipinski definition) is 3. The first-order chi connectivity index (χ1) is 15.2. The molecule has 2 aromatic rings. The molecule has 1 fully saturated rings. The van der Waals surface area contributed by atoms with Gasteiger partial charge in [0.15, 0.2) is 0 Å². The minimum Gasteiger partial charge on any atom is -0.490 e. The Morgan fingerprint density at radius 2 is 1.78 bits per heavy atom. The van der Waals surface area contributed by atoms with Gasteiger partial charge in [0.2, 0.25) is 5.91 Å². The number of amides is 1. The van der Waals surface area contributed by atoms with Gasteiger partial charge in [-0.15, -0.1) is 0 Å². The maximum Gasteiger partial charge on any atom is 0.224 e. The predicted molar refractivity (Wildman–Crippen MR) is 133 cm³/mol. The van der Waals surface area contributed by atoms with Gasteiger partial charge in [-0.3, -0.25) is 4.79 Å². The van der Waals surface area contributed by atoms with Crippen LogP contribution in [-0.2, 0) is 17.8 Å². The SMILES string of the molecule is Cc1cc(N2CCCc3cc(OC4CCC4)ccc3C2)cc(C)c1NC(=O)CC(C)(C)C. The van der Waals surface area contributed by atoms with Crippen LogP contribution in [0.3, 0.4) is 0 Å². The van der Waals surface area contributed by atoms with Crippen molar-refractivity contribution in [3.63, 3.8) is 0 Å². The molecule has 0 radical (unpaired) electrons. The fourth-order valence-corrected chi connectivity index (χ4v) is 4.69. The van der Waals surface area contributed by atoms with Crippen molar-refractivity contribution >= 4 is 17.3 Å². The van der Waals surface area contributed by atoms with Crippen LogP contribution in [0.2, 0.25) is 0 Å². The number of nitrogens with one attached hydrogen (secondary N) is 1. The molecule has 4 rings (SSSR count). The summed E-state index contributed by atoms with van der Waals surface area (Å²) in [5.41, 5.74) is 7.22. The zero-order chi connectivity index (χ0) is 22.9. The number of aryl methyl sites for hydroxylation is 3. The topological polar surface area (TPSA) is 41.6 Å². The maximum atomic E-state index is 12.5. The highest BCUT2D eigenvalue weighted by Gasteiger charge is 2.22. The molecule has 0 unspecified atom stereocenters. The zero-order valence-corrected chi connectivity index (χ0v) is 20.4. The van der Waals surface area contributed by atoms with E-state index >= 15 is 0 Å². The quantitative estimate of drug-likeness (QED) is 0.579. The fraction of sp³-hybridized carbons (Fsp3) is 0.536. The lowest BCUT2D eigenvalue weighted by Crippen LogP contribution is -2.24. The third-order valence-electron chi connectivity index (χ3n) is 6.61. The Labute approximate surface area is 193 Å². The first-order valence-corrected chi connectivity index (χ1v) is 12.1. The Hall–Kier alpha value is -2.49. The maximum absolute atomic E-state index is 12.5. The average Bonchev–Trinajstić information content (AvgIpc) is 2.88. The van der Waals surface area contributed by atoms with Crippen molar-refractivity contribution in [2.45, 2.75) is 85.8 Å². The second kappa shape index (κ2) is 9.17. The highest BCUT2D eigenvalue weighted by Crippen LogP contribution is 2.33. The number of rotatable bonds is 5. The third-order valence-corrected chi connectivity index (χ3v) is 6.61. The molecular formula is C28H38N2O2. The summed E-state index contributed by atoms with van der Waals surface area (Å²) in [4.78, 5) is 15.0. The normalized spacial score (nSPS) is 16.7. The smallest absolute Gasteiger partial charge is 0.224 e. The van der Waals surface area contributed by atoms with Crippen molar-refractivity contribution in [2.75, 3.05) is 16.8 Å². The second-order valence-electron chi connectivity index (χ2n) is 10.9. The number of carbonyl (C=O) groups is 1. The summed E-state index contributed by atoms with van der Waals surface area (Å²) in [6.45, 7) is 12.4. The molecule has 0 bridgehead atoms. The number of carbonyl (C=O) groups excluding carboxylic acids is 1. The van der Waals surface area contributed by atoms with E-state index in [0.29, 0.717) is 12.5 Å². The van der Waals surface area contributed by atoms with E-state index in [1.54, 1.807) is 0 Å². The van der Waals surface area contributed by atoms with Crippen LogP contribution >= 0.6 is 0 Å². The van der Waals surface area contributed by atoms with Crippen LogP contribution in [0.1, 0.15) is 75.1 Å². The van der Waals surface area contributed by atoms with Gasteiger partial charge in [-0.05, 0) is 97.9 Å². The molecule has 0 aromatic heterocycles. The summed E-state index contributed by atoms with van der Waals surface area (Å²) in [6.07, 6.45) is 6.83. The molecule has 1 N–H and O–H groups in total. The van der Waals surface area contributed by atoms with Gasteiger partial charge < -0.3 is 15.0 Å². The fourth-order valence-electron chi connectivity index (χ4n) is 4.69. The van der Waals surface area contributed by atoms with E-state index in [0.717, 1.165) is 48.5 Å². The Bertz CT molecular complexity index is 962. The number of ether oxygens (including phenoxy) is 1. The van der Waals surface area contributed by atoms with Crippen LogP contribution < -0.4 is 15.0 Å². The molecular weight excluding hydrogens is 396 g/mol. The number of hydrogen-bond donors (Lipinski definition) is 1. The number of nitrogens with zero attached hydrogens (tertiary/aromatic N) is 1.